The largest absolute Gasteiger partial charge is 0.457 e. The van der Waals surface area contributed by atoms with Crippen LogP contribution in [0.4, 0.5) is 5.69 Å². The fourth-order valence-corrected chi connectivity index (χ4v) is 4.19. The van der Waals surface area contributed by atoms with E-state index in [9.17, 15) is 14.4 Å². The quantitative estimate of drug-likeness (QED) is 0.184. The summed E-state index contributed by atoms with van der Waals surface area (Å²) >= 11 is 5.92. The maximum atomic E-state index is 13.3. The summed E-state index contributed by atoms with van der Waals surface area (Å²) in [6.07, 6.45) is 0.641. The minimum Gasteiger partial charge on any atom is -0.457 e. The molecular formula is C30H37ClN6O4. The number of hydrogen-bond acceptors (Lipinski definition) is 7. The van der Waals surface area contributed by atoms with E-state index < -0.39 is 23.9 Å². The van der Waals surface area contributed by atoms with Crippen molar-refractivity contribution in [2.45, 2.75) is 31.3 Å². The maximum Gasteiger partial charge on any atom is 0.246 e. The first-order chi connectivity index (χ1) is 19.8. The topological polar surface area (TPSA) is 166 Å². The van der Waals surface area contributed by atoms with Crippen LogP contribution in [0.2, 0.25) is 5.02 Å². The second kappa shape index (κ2) is 16.3. The lowest BCUT2D eigenvalue weighted by Crippen LogP contribution is -2.52. The minimum atomic E-state index is -1.14. The molecule has 0 aliphatic rings. The van der Waals surface area contributed by atoms with E-state index in [-0.39, 0.29) is 25.4 Å². The molecule has 10 nitrogen and oxygen atoms in total. The van der Waals surface area contributed by atoms with Gasteiger partial charge in [-0.3, -0.25) is 14.4 Å². The van der Waals surface area contributed by atoms with E-state index in [1.807, 2.05) is 30.3 Å². The van der Waals surface area contributed by atoms with Crippen LogP contribution in [-0.4, -0.2) is 60.9 Å². The van der Waals surface area contributed by atoms with Crippen LogP contribution < -0.4 is 32.6 Å². The Morgan fingerprint density at radius 2 is 1.41 bits per heavy atom. The Balaban J connectivity index is 1.65. The van der Waals surface area contributed by atoms with Gasteiger partial charge in [0.1, 0.15) is 17.5 Å². The Morgan fingerprint density at radius 3 is 2.00 bits per heavy atom. The van der Waals surface area contributed by atoms with Crippen LogP contribution in [0, 0.1) is 0 Å². The first-order valence-corrected chi connectivity index (χ1v) is 13.8. The molecule has 0 radical (unpaired) electrons. The van der Waals surface area contributed by atoms with Gasteiger partial charge < -0.3 is 37.5 Å². The first-order valence-electron chi connectivity index (χ1n) is 13.4. The summed E-state index contributed by atoms with van der Waals surface area (Å²) in [5.41, 5.74) is 18.8. The molecule has 3 amide bonds. The van der Waals surface area contributed by atoms with Gasteiger partial charge in [0.2, 0.25) is 17.7 Å². The summed E-state index contributed by atoms with van der Waals surface area (Å²) < 4.78 is 5.80. The number of anilines is 1. The summed E-state index contributed by atoms with van der Waals surface area (Å²) in [5, 5.41) is 6.18. The summed E-state index contributed by atoms with van der Waals surface area (Å²) in [5.74, 6) is -0.132. The molecule has 0 aromatic heterocycles. The second-order valence-corrected chi connectivity index (χ2v) is 9.86. The van der Waals surface area contributed by atoms with Crippen molar-refractivity contribution in [3.05, 3.63) is 89.4 Å². The van der Waals surface area contributed by atoms with E-state index in [4.69, 9.17) is 33.5 Å². The standard InChI is InChI=1S/C30H37ClN6O4/c31-22-7-11-24(12-8-22)41-25-13-9-23(10-14-25)35-30(40)27(15-6-21-4-2-1-3-5-21)36-29(39)26(34)20-28(38)37(18-16-32)19-17-33/h1-5,7-14,26-27H,6,15-20,32-34H2,(H,35,40)(H,36,39). The summed E-state index contributed by atoms with van der Waals surface area (Å²) in [6.45, 7) is 1.16. The van der Waals surface area contributed by atoms with Crippen molar-refractivity contribution in [2.24, 2.45) is 17.2 Å². The van der Waals surface area contributed by atoms with Crippen LogP contribution in [0.1, 0.15) is 18.4 Å². The normalized spacial score (nSPS) is 12.2. The van der Waals surface area contributed by atoms with Crippen molar-refractivity contribution in [2.75, 3.05) is 31.5 Å². The molecule has 8 N–H and O–H groups in total. The summed E-state index contributed by atoms with van der Waals surface area (Å²) in [6, 6.07) is 21.4. The number of aryl methyl sites for hydroxylation is 1. The molecule has 0 saturated heterocycles. The Morgan fingerprint density at radius 1 is 0.829 bits per heavy atom. The van der Waals surface area contributed by atoms with Crippen LogP contribution in [0.5, 0.6) is 11.5 Å². The van der Waals surface area contributed by atoms with E-state index in [0.29, 0.717) is 48.1 Å². The molecular weight excluding hydrogens is 544 g/mol. The monoisotopic (exact) mass is 580 g/mol. The molecule has 3 aromatic rings. The molecule has 218 valence electrons. The predicted octanol–water partition coefficient (Wildman–Crippen LogP) is 2.65. The van der Waals surface area contributed by atoms with Gasteiger partial charge in [0.15, 0.2) is 0 Å². The summed E-state index contributed by atoms with van der Waals surface area (Å²) in [7, 11) is 0. The van der Waals surface area contributed by atoms with Gasteiger partial charge in [0, 0.05) is 36.9 Å². The Bertz CT molecular complexity index is 1250. The SMILES string of the molecule is NCCN(CCN)C(=O)CC(N)C(=O)NC(CCc1ccccc1)C(=O)Nc1ccc(Oc2ccc(Cl)cc2)cc1. The number of carbonyl (C=O) groups is 3. The number of nitrogens with zero attached hydrogens (tertiary/aromatic N) is 1. The van der Waals surface area contributed by atoms with Crippen molar-refractivity contribution in [1.29, 1.82) is 0 Å². The van der Waals surface area contributed by atoms with Gasteiger partial charge in [-0.05, 0) is 66.9 Å². The Hall–Kier alpha value is -3.96. The molecule has 2 atom stereocenters. The van der Waals surface area contributed by atoms with Crippen LogP contribution in [-0.2, 0) is 20.8 Å². The highest BCUT2D eigenvalue weighted by atomic mass is 35.5. The maximum absolute atomic E-state index is 13.3. The van der Waals surface area contributed by atoms with Crippen LogP contribution in [0.3, 0.4) is 0 Å². The van der Waals surface area contributed by atoms with Crippen molar-refractivity contribution >= 4 is 35.0 Å². The first kappa shape index (κ1) is 31.6. The molecule has 0 saturated carbocycles. The zero-order chi connectivity index (χ0) is 29.6. The lowest BCUT2D eigenvalue weighted by molar-refractivity contribution is -0.134. The number of ether oxygens (including phenoxy) is 1. The molecule has 3 aromatic carbocycles. The van der Waals surface area contributed by atoms with Crippen LogP contribution >= 0.6 is 11.6 Å². The minimum absolute atomic E-state index is 0.228. The third-order valence-corrected chi connectivity index (χ3v) is 6.50. The number of halogens is 1. The number of benzene rings is 3. The van der Waals surface area contributed by atoms with Gasteiger partial charge in [-0.25, -0.2) is 0 Å². The average molecular weight is 581 g/mol. The molecule has 2 unspecified atom stereocenters. The molecule has 0 bridgehead atoms. The zero-order valence-electron chi connectivity index (χ0n) is 22.8. The van der Waals surface area contributed by atoms with E-state index in [1.54, 1.807) is 48.5 Å². The highest BCUT2D eigenvalue weighted by Gasteiger charge is 2.26. The molecule has 11 heteroatoms. The zero-order valence-corrected chi connectivity index (χ0v) is 23.6. The fourth-order valence-electron chi connectivity index (χ4n) is 4.06. The summed E-state index contributed by atoms with van der Waals surface area (Å²) in [4.78, 5) is 40.4. The number of amides is 3. The number of nitrogens with two attached hydrogens (primary N) is 3. The van der Waals surface area contributed by atoms with E-state index in [1.165, 1.54) is 4.90 Å². The van der Waals surface area contributed by atoms with Gasteiger partial charge >= 0.3 is 0 Å². The second-order valence-electron chi connectivity index (χ2n) is 9.42. The van der Waals surface area contributed by atoms with Crippen LogP contribution in [0.25, 0.3) is 0 Å². The van der Waals surface area contributed by atoms with Crippen LogP contribution in [0.15, 0.2) is 78.9 Å². The highest BCUT2D eigenvalue weighted by molar-refractivity contribution is 6.30. The number of hydrogen-bond donors (Lipinski definition) is 5. The van der Waals surface area contributed by atoms with Gasteiger partial charge in [0.25, 0.3) is 0 Å². The number of nitrogens with one attached hydrogen (secondary N) is 2. The number of rotatable bonds is 15. The van der Waals surface area contributed by atoms with Gasteiger partial charge in [0.05, 0.1) is 12.5 Å². The van der Waals surface area contributed by atoms with Crippen molar-refractivity contribution in [1.82, 2.24) is 10.2 Å². The van der Waals surface area contributed by atoms with Crippen molar-refractivity contribution in [3.63, 3.8) is 0 Å². The van der Waals surface area contributed by atoms with Gasteiger partial charge in [-0.1, -0.05) is 41.9 Å². The van der Waals surface area contributed by atoms with E-state index in [0.717, 1.165) is 5.56 Å². The molecule has 0 fully saturated rings. The number of carbonyl (C=O) groups excluding carboxylic acids is 3. The lowest BCUT2D eigenvalue weighted by atomic mass is 10.0. The van der Waals surface area contributed by atoms with E-state index >= 15 is 0 Å². The Kier molecular flexibility index (Phi) is 12.6. The molecule has 0 aliphatic heterocycles. The van der Waals surface area contributed by atoms with E-state index in [2.05, 4.69) is 10.6 Å². The molecule has 3 rings (SSSR count). The fraction of sp³-hybridized carbons (Fsp3) is 0.300. The van der Waals surface area contributed by atoms with Crippen molar-refractivity contribution in [3.8, 4) is 11.5 Å². The molecule has 0 spiro atoms. The van der Waals surface area contributed by atoms with Crippen molar-refractivity contribution < 1.29 is 19.1 Å². The molecule has 0 aliphatic carbocycles. The third kappa shape index (κ3) is 10.5. The average Bonchev–Trinajstić information content (AvgIpc) is 2.97. The highest BCUT2D eigenvalue weighted by Crippen LogP contribution is 2.24. The van der Waals surface area contributed by atoms with Gasteiger partial charge in [-0.15, -0.1) is 0 Å². The third-order valence-electron chi connectivity index (χ3n) is 6.25. The van der Waals surface area contributed by atoms with Gasteiger partial charge in [-0.2, -0.15) is 0 Å². The smallest absolute Gasteiger partial charge is 0.246 e. The molecule has 41 heavy (non-hydrogen) atoms. The Labute approximate surface area is 245 Å². The lowest BCUT2D eigenvalue weighted by Gasteiger charge is -2.24. The molecule has 0 heterocycles. The predicted molar refractivity (Wildman–Crippen MR) is 161 cm³/mol.